The summed E-state index contributed by atoms with van der Waals surface area (Å²) in [4.78, 5) is 13.7. The van der Waals surface area contributed by atoms with E-state index < -0.39 is 0 Å². The van der Waals surface area contributed by atoms with Crippen LogP contribution >= 0.6 is 0 Å². The van der Waals surface area contributed by atoms with Crippen LogP contribution in [0.4, 0.5) is 0 Å². The van der Waals surface area contributed by atoms with E-state index in [0.29, 0.717) is 19.5 Å². The van der Waals surface area contributed by atoms with Gasteiger partial charge in [-0.25, -0.2) is 0 Å². The molecular weight excluding hydrogens is 204 g/mol. The molecule has 2 N–H and O–H groups in total. The maximum Gasteiger partial charge on any atom is 0.224 e. The van der Waals surface area contributed by atoms with Crippen LogP contribution in [0.15, 0.2) is 22.8 Å². The van der Waals surface area contributed by atoms with Gasteiger partial charge in [0.15, 0.2) is 0 Å². The molecule has 4 heteroatoms. The number of hydrogen-bond donors (Lipinski definition) is 1. The molecule has 1 atom stereocenters. The molecule has 0 aliphatic rings. The summed E-state index contributed by atoms with van der Waals surface area (Å²) in [5.74, 6) is 0.902. The van der Waals surface area contributed by atoms with Gasteiger partial charge >= 0.3 is 0 Å². The van der Waals surface area contributed by atoms with E-state index in [1.165, 1.54) is 0 Å². The normalized spacial score (nSPS) is 12.4. The first-order chi connectivity index (χ1) is 7.69. The summed E-state index contributed by atoms with van der Waals surface area (Å²) in [6, 6.07) is 3.92. The van der Waals surface area contributed by atoms with Crippen molar-refractivity contribution in [2.24, 2.45) is 5.73 Å². The number of carbonyl (C=O) groups excluding carboxylic acids is 1. The molecule has 0 radical (unpaired) electrons. The van der Waals surface area contributed by atoms with Crippen molar-refractivity contribution in [1.82, 2.24) is 4.90 Å². The minimum absolute atomic E-state index is 0.0910. The number of furan rings is 1. The fraction of sp³-hybridized carbons (Fsp3) is 0.583. The van der Waals surface area contributed by atoms with Crippen LogP contribution < -0.4 is 5.73 Å². The largest absolute Gasteiger partial charge is 0.467 e. The molecule has 90 valence electrons. The maximum atomic E-state index is 11.9. The van der Waals surface area contributed by atoms with Crippen molar-refractivity contribution in [3.63, 3.8) is 0 Å². The molecule has 1 rings (SSSR count). The third-order valence-electron chi connectivity index (χ3n) is 2.71. The number of carbonyl (C=O) groups is 1. The Morgan fingerprint density at radius 3 is 2.88 bits per heavy atom. The second-order valence-electron chi connectivity index (χ2n) is 3.90. The minimum atomic E-state index is 0.0910. The van der Waals surface area contributed by atoms with E-state index in [-0.39, 0.29) is 11.9 Å². The fourth-order valence-electron chi connectivity index (χ4n) is 1.55. The zero-order chi connectivity index (χ0) is 12.0. The number of hydrogen-bond acceptors (Lipinski definition) is 3. The highest BCUT2D eigenvalue weighted by Crippen LogP contribution is 2.12. The van der Waals surface area contributed by atoms with Crippen LogP contribution in [0, 0.1) is 0 Å². The van der Waals surface area contributed by atoms with Gasteiger partial charge in [0.05, 0.1) is 12.8 Å². The van der Waals surface area contributed by atoms with Gasteiger partial charge in [-0.2, -0.15) is 0 Å². The van der Waals surface area contributed by atoms with Crippen molar-refractivity contribution >= 4 is 5.91 Å². The summed E-state index contributed by atoms with van der Waals surface area (Å²) >= 11 is 0. The first-order valence-electron chi connectivity index (χ1n) is 5.71. The molecule has 4 nitrogen and oxygen atoms in total. The highest BCUT2D eigenvalue weighted by molar-refractivity contribution is 5.76. The number of amides is 1. The Bertz CT molecular complexity index is 309. The molecule has 0 fully saturated rings. The quantitative estimate of drug-likeness (QED) is 0.801. The Balaban J connectivity index is 2.67. The summed E-state index contributed by atoms with van der Waals surface area (Å²) in [5.41, 5.74) is 5.41. The molecule has 0 aromatic carbocycles. The second-order valence-corrected chi connectivity index (χ2v) is 3.90. The molecule has 1 aromatic rings. The van der Waals surface area contributed by atoms with Crippen molar-refractivity contribution < 1.29 is 9.21 Å². The Morgan fingerprint density at radius 1 is 1.62 bits per heavy atom. The van der Waals surface area contributed by atoms with Gasteiger partial charge in [0.2, 0.25) is 5.91 Å². The Kier molecular flexibility index (Phi) is 5.05. The third-order valence-corrected chi connectivity index (χ3v) is 2.71. The zero-order valence-electron chi connectivity index (χ0n) is 9.98. The summed E-state index contributed by atoms with van der Waals surface area (Å²) in [5, 5.41) is 0. The van der Waals surface area contributed by atoms with Gasteiger partial charge in [0, 0.05) is 19.0 Å². The van der Waals surface area contributed by atoms with Gasteiger partial charge in [-0.05, 0) is 25.5 Å². The van der Waals surface area contributed by atoms with Crippen molar-refractivity contribution in [3.05, 3.63) is 24.2 Å². The minimum Gasteiger partial charge on any atom is -0.467 e. The summed E-state index contributed by atoms with van der Waals surface area (Å²) in [6.07, 6.45) is 2.94. The monoisotopic (exact) mass is 224 g/mol. The van der Waals surface area contributed by atoms with Crippen molar-refractivity contribution in [3.8, 4) is 0 Å². The SMILES string of the molecule is CCC(C)N(Cc1ccco1)C(=O)CCN. The molecule has 0 aliphatic carbocycles. The average molecular weight is 224 g/mol. The van der Waals surface area contributed by atoms with Crippen LogP contribution in [0.1, 0.15) is 32.4 Å². The summed E-state index contributed by atoms with van der Waals surface area (Å²) < 4.78 is 5.26. The summed E-state index contributed by atoms with van der Waals surface area (Å²) in [7, 11) is 0. The predicted octanol–water partition coefficient (Wildman–Crippen LogP) is 1.76. The van der Waals surface area contributed by atoms with Crippen LogP contribution in [0.2, 0.25) is 0 Å². The molecule has 0 saturated heterocycles. The topological polar surface area (TPSA) is 59.5 Å². The standard InChI is InChI=1S/C12H20N2O2/c1-3-10(2)14(12(15)6-7-13)9-11-5-4-8-16-11/h4-5,8,10H,3,6-7,9,13H2,1-2H3. The van der Waals surface area contributed by atoms with E-state index in [2.05, 4.69) is 6.92 Å². The lowest BCUT2D eigenvalue weighted by Crippen LogP contribution is -2.38. The van der Waals surface area contributed by atoms with Gasteiger partial charge in [-0.1, -0.05) is 6.92 Å². The number of nitrogens with two attached hydrogens (primary N) is 1. The third kappa shape index (κ3) is 3.38. The summed E-state index contributed by atoms with van der Waals surface area (Å²) in [6.45, 7) is 5.03. The number of nitrogens with zero attached hydrogens (tertiary/aromatic N) is 1. The predicted molar refractivity (Wildman–Crippen MR) is 62.7 cm³/mol. The van der Waals surface area contributed by atoms with E-state index in [0.717, 1.165) is 12.2 Å². The van der Waals surface area contributed by atoms with Crippen LogP contribution in [0.3, 0.4) is 0 Å². The molecule has 1 heterocycles. The zero-order valence-corrected chi connectivity index (χ0v) is 9.98. The lowest BCUT2D eigenvalue weighted by Gasteiger charge is -2.27. The highest BCUT2D eigenvalue weighted by Gasteiger charge is 2.19. The van der Waals surface area contributed by atoms with E-state index in [4.69, 9.17) is 10.2 Å². The van der Waals surface area contributed by atoms with Crippen LogP contribution in [-0.2, 0) is 11.3 Å². The molecule has 0 spiro atoms. The van der Waals surface area contributed by atoms with Crippen LogP contribution in [-0.4, -0.2) is 23.4 Å². The number of rotatable bonds is 6. The van der Waals surface area contributed by atoms with Gasteiger partial charge in [0.1, 0.15) is 5.76 Å². The van der Waals surface area contributed by atoms with Crippen molar-refractivity contribution in [2.45, 2.75) is 39.3 Å². The lowest BCUT2D eigenvalue weighted by atomic mass is 10.2. The molecule has 1 unspecified atom stereocenters. The molecule has 1 amide bonds. The Labute approximate surface area is 96.4 Å². The van der Waals surface area contributed by atoms with Gasteiger partial charge in [-0.3, -0.25) is 4.79 Å². The Morgan fingerprint density at radius 2 is 2.38 bits per heavy atom. The first-order valence-corrected chi connectivity index (χ1v) is 5.71. The van der Waals surface area contributed by atoms with E-state index in [9.17, 15) is 4.79 Å². The van der Waals surface area contributed by atoms with Crippen LogP contribution in [0.25, 0.3) is 0 Å². The molecule has 0 bridgehead atoms. The molecule has 1 aromatic heterocycles. The maximum absolute atomic E-state index is 11.9. The Hall–Kier alpha value is -1.29. The molecule has 0 aliphatic heterocycles. The average Bonchev–Trinajstić information content (AvgIpc) is 2.78. The van der Waals surface area contributed by atoms with Gasteiger partial charge in [-0.15, -0.1) is 0 Å². The fourth-order valence-corrected chi connectivity index (χ4v) is 1.55. The smallest absolute Gasteiger partial charge is 0.224 e. The van der Waals surface area contributed by atoms with E-state index in [1.807, 2.05) is 24.0 Å². The van der Waals surface area contributed by atoms with E-state index >= 15 is 0 Å². The highest BCUT2D eigenvalue weighted by atomic mass is 16.3. The van der Waals surface area contributed by atoms with Crippen molar-refractivity contribution in [1.29, 1.82) is 0 Å². The van der Waals surface area contributed by atoms with Crippen molar-refractivity contribution in [2.75, 3.05) is 6.54 Å². The lowest BCUT2D eigenvalue weighted by molar-refractivity contribution is -0.134. The first kappa shape index (κ1) is 12.8. The van der Waals surface area contributed by atoms with Gasteiger partial charge < -0.3 is 15.1 Å². The van der Waals surface area contributed by atoms with Crippen LogP contribution in [0.5, 0.6) is 0 Å². The second kappa shape index (κ2) is 6.33. The molecule has 0 saturated carbocycles. The van der Waals surface area contributed by atoms with Gasteiger partial charge in [0.25, 0.3) is 0 Å². The van der Waals surface area contributed by atoms with E-state index in [1.54, 1.807) is 6.26 Å². The molecule has 16 heavy (non-hydrogen) atoms. The molecular formula is C12H20N2O2.